The van der Waals surface area contributed by atoms with Crippen LogP contribution in [0.5, 0.6) is 0 Å². The zero-order chi connectivity index (χ0) is 25.0. The molecule has 1 unspecified atom stereocenters. The highest BCUT2D eigenvalue weighted by atomic mass is 32.1. The number of methoxy groups -OCH3 is 1. The minimum Gasteiger partial charge on any atom is -0.478 e. The average molecular weight is 491 g/mol. The normalized spacial score (nSPS) is 12.5. The molecule has 2 aromatic carbocycles. The molecule has 1 amide bonds. The van der Waals surface area contributed by atoms with Crippen molar-refractivity contribution in [3.8, 4) is 11.3 Å². The standard InChI is InChI=1S/C24H21F3N2O4S/c1-4-20(33-3)15-7-5-6-14(21(15)27)19-11-34-24(28-19)29-22(30)13-9-17(25)16(18(26)10-13)8-12(2)23(31)32/h5-11,20H,4H2,1-3H3,(H,31,32)(H,28,29,30). The van der Waals surface area contributed by atoms with E-state index in [-0.39, 0.29) is 27.5 Å². The summed E-state index contributed by atoms with van der Waals surface area (Å²) in [5, 5.41) is 13.0. The molecule has 0 saturated heterocycles. The molecule has 0 saturated carbocycles. The number of nitrogens with one attached hydrogen (secondary N) is 1. The number of carboxylic acids is 1. The largest absolute Gasteiger partial charge is 0.478 e. The van der Waals surface area contributed by atoms with Crippen LogP contribution in [-0.4, -0.2) is 29.1 Å². The second kappa shape index (κ2) is 10.6. The van der Waals surface area contributed by atoms with Gasteiger partial charge in [0, 0.05) is 40.3 Å². The lowest BCUT2D eigenvalue weighted by atomic mass is 10.0. The van der Waals surface area contributed by atoms with Crippen LogP contribution in [0.25, 0.3) is 17.3 Å². The molecule has 0 aliphatic heterocycles. The number of carbonyl (C=O) groups is 2. The summed E-state index contributed by atoms with van der Waals surface area (Å²) in [6.45, 7) is 3.07. The Balaban J connectivity index is 1.84. The molecule has 1 atom stereocenters. The number of carboxylic acid groups (broad SMARTS) is 1. The monoisotopic (exact) mass is 490 g/mol. The van der Waals surface area contributed by atoms with E-state index in [2.05, 4.69) is 10.3 Å². The molecular weight excluding hydrogens is 469 g/mol. The number of carbonyl (C=O) groups excluding carboxylic acids is 1. The number of rotatable bonds is 8. The van der Waals surface area contributed by atoms with E-state index in [1.165, 1.54) is 14.0 Å². The Hall–Kier alpha value is -3.50. The number of thiazole rings is 1. The number of hydrogen-bond donors (Lipinski definition) is 2. The average Bonchev–Trinajstić information content (AvgIpc) is 3.25. The third-order valence-electron chi connectivity index (χ3n) is 5.07. The van der Waals surface area contributed by atoms with Gasteiger partial charge in [-0.1, -0.05) is 19.1 Å². The highest BCUT2D eigenvalue weighted by molar-refractivity contribution is 7.14. The Morgan fingerprint density at radius 3 is 2.50 bits per heavy atom. The van der Waals surface area contributed by atoms with Crippen LogP contribution in [0.4, 0.5) is 18.3 Å². The van der Waals surface area contributed by atoms with Gasteiger partial charge in [-0.3, -0.25) is 10.1 Å². The van der Waals surface area contributed by atoms with Gasteiger partial charge >= 0.3 is 5.97 Å². The molecule has 10 heteroatoms. The molecule has 0 spiro atoms. The van der Waals surface area contributed by atoms with Gasteiger partial charge in [0.05, 0.1) is 11.8 Å². The minimum absolute atomic E-state index is 0.107. The molecule has 3 rings (SSSR count). The summed E-state index contributed by atoms with van der Waals surface area (Å²) in [5.41, 5.74) is -0.253. The van der Waals surface area contributed by atoms with Gasteiger partial charge in [-0.25, -0.2) is 22.9 Å². The third kappa shape index (κ3) is 5.35. The number of aromatic nitrogens is 1. The van der Waals surface area contributed by atoms with Crippen molar-refractivity contribution < 1.29 is 32.6 Å². The topological polar surface area (TPSA) is 88.5 Å². The maximum atomic E-state index is 15.1. The lowest BCUT2D eigenvalue weighted by Crippen LogP contribution is -2.13. The van der Waals surface area contributed by atoms with Gasteiger partial charge in [-0.15, -0.1) is 11.3 Å². The molecule has 1 aromatic heterocycles. The van der Waals surface area contributed by atoms with Crippen LogP contribution in [0, 0.1) is 17.5 Å². The van der Waals surface area contributed by atoms with Gasteiger partial charge in [0.15, 0.2) is 5.13 Å². The van der Waals surface area contributed by atoms with Crippen LogP contribution in [-0.2, 0) is 9.53 Å². The van der Waals surface area contributed by atoms with Crippen molar-refractivity contribution >= 4 is 34.4 Å². The summed E-state index contributed by atoms with van der Waals surface area (Å²) in [4.78, 5) is 27.6. The van der Waals surface area contributed by atoms with Gasteiger partial charge in [-0.05, 0) is 37.6 Å². The number of halogens is 3. The molecule has 6 nitrogen and oxygen atoms in total. The highest BCUT2D eigenvalue weighted by Crippen LogP contribution is 2.32. The van der Waals surface area contributed by atoms with E-state index >= 15 is 4.39 Å². The van der Waals surface area contributed by atoms with Crippen molar-refractivity contribution in [2.24, 2.45) is 0 Å². The van der Waals surface area contributed by atoms with Crippen LogP contribution < -0.4 is 5.32 Å². The van der Waals surface area contributed by atoms with Crippen LogP contribution >= 0.6 is 11.3 Å². The van der Waals surface area contributed by atoms with Crippen molar-refractivity contribution in [2.75, 3.05) is 12.4 Å². The Morgan fingerprint density at radius 1 is 1.24 bits per heavy atom. The summed E-state index contributed by atoms with van der Waals surface area (Å²) in [7, 11) is 1.50. The molecule has 0 bridgehead atoms. The second-order valence-corrected chi connectivity index (χ2v) is 8.18. The molecule has 3 aromatic rings. The fraction of sp³-hybridized carbons (Fsp3) is 0.208. The number of benzene rings is 2. The number of nitrogens with zero attached hydrogens (tertiary/aromatic N) is 1. The van der Waals surface area contributed by atoms with E-state index in [0.29, 0.717) is 12.0 Å². The SMILES string of the molecule is CCC(OC)c1cccc(-c2csc(NC(=O)c3cc(F)c(C=C(C)C(=O)O)c(F)c3)n2)c1F. The Bertz CT molecular complexity index is 1250. The second-order valence-electron chi connectivity index (χ2n) is 7.32. The molecule has 0 radical (unpaired) electrons. The predicted octanol–water partition coefficient (Wildman–Crippen LogP) is 6.07. The van der Waals surface area contributed by atoms with E-state index in [0.717, 1.165) is 29.5 Å². The Kier molecular flexibility index (Phi) is 7.85. The molecule has 0 fully saturated rings. The summed E-state index contributed by atoms with van der Waals surface area (Å²) >= 11 is 1.02. The summed E-state index contributed by atoms with van der Waals surface area (Å²) in [6.07, 6.45) is 1.00. The number of anilines is 1. The maximum absolute atomic E-state index is 15.1. The smallest absolute Gasteiger partial charge is 0.331 e. The van der Waals surface area contributed by atoms with Gasteiger partial charge in [0.1, 0.15) is 17.5 Å². The molecular formula is C24H21F3N2O4S. The summed E-state index contributed by atoms with van der Waals surface area (Å²) < 4.78 is 49.1. The maximum Gasteiger partial charge on any atom is 0.331 e. The van der Waals surface area contributed by atoms with Crippen LogP contribution in [0.15, 0.2) is 41.3 Å². The Labute approximate surface area is 197 Å². The first-order valence-electron chi connectivity index (χ1n) is 10.1. The lowest BCUT2D eigenvalue weighted by molar-refractivity contribution is -0.132. The van der Waals surface area contributed by atoms with Gasteiger partial charge in [0.25, 0.3) is 5.91 Å². The fourth-order valence-electron chi connectivity index (χ4n) is 3.27. The van der Waals surface area contributed by atoms with Crippen LogP contribution in [0.1, 0.15) is 47.9 Å². The molecule has 178 valence electrons. The molecule has 2 N–H and O–H groups in total. The van der Waals surface area contributed by atoms with Gasteiger partial charge in [-0.2, -0.15) is 0 Å². The summed E-state index contributed by atoms with van der Waals surface area (Å²) in [5.74, 6) is -4.82. The molecule has 0 aliphatic carbocycles. The van der Waals surface area contributed by atoms with Crippen molar-refractivity contribution in [3.05, 3.63) is 75.4 Å². The lowest BCUT2D eigenvalue weighted by Gasteiger charge is -2.15. The summed E-state index contributed by atoms with van der Waals surface area (Å²) in [6, 6.07) is 6.46. The molecule has 1 heterocycles. The third-order valence-corrected chi connectivity index (χ3v) is 5.83. The zero-order valence-corrected chi connectivity index (χ0v) is 19.3. The first kappa shape index (κ1) is 25.1. The van der Waals surface area contributed by atoms with Gasteiger partial charge < -0.3 is 9.84 Å². The highest BCUT2D eigenvalue weighted by Gasteiger charge is 2.20. The molecule has 34 heavy (non-hydrogen) atoms. The van der Waals surface area contributed by atoms with Crippen LogP contribution in [0.3, 0.4) is 0 Å². The van der Waals surface area contributed by atoms with E-state index < -0.39 is 41.0 Å². The number of amides is 1. The van der Waals surface area contributed by atoms with E-state index in [1.807, 2.05) is 6.92 Å². The number of ether oxygens (including phenoxy) is 1. The first-order valence-corrected chi connectivity index (χ1v) is 11.0. The van der Waals surface area contributed by atoms with Crippen molar-refractivity contribution in [1.82, 2.24) is 4.98 Å². The molecule has 0 aliphatic rings. The van der Waals surface area contributed by atoms with Gasteiger partial charge in [0.2, 0.25) is 0 Å². The van der Waals surface area contributed by atoms with Crippen LogP contribution in [0.2, 0.25) is 0 Å². The van der Waals surface area contributed by atoms with E-state index in [9.17, 15) is 18.4 Å². The number of hydrogen-bond acceptors (Lipinski definition) is 5. The van der Waals surface area contributed by atoms with Crippen molar-refractivity contribution in [3.63, 3.8) is 0 Å². The predicted molar refractivity (Wildman–Crippen MR) is 123 cm³/mol. The zero-order valence-electron chi connectivity index (χ0n) is 18.5. The van der Waals surface area contributed by atoms with Crippen molar-refractivity contribution in [1.29, 1.82) is 0 Å². The number of aliphatic carboxylic acids is 1. The van der Waals surface area contributed by atoms with E-state index in [4.69, 9.17) is 9.84 Å². The quantitative estimate of drug-likeness (QED) is 0.375. The first-order chi connectivity index (χ1) is 16.2. The minimum atomic E-state index is -1.32. The Morgan fingerprint density at radius 2 is 1.91 bits per heavy atom. The fourth-order valence-corrected chi connectivity index (χ4v) is 3.97. The van der Waals surface area contributed by atoms with Crippen molar-refractivity contribution in [2.45, 2.75) is 26.4 Å². The van der Waals surface area contributed by atoms with E-state index in [1.54, 1.807) is 23.6 Å².